The third-order valence-corrected chi connectivity index (χ3v) is 6.21. The Labute approximate surface area is 163 Å². The molecule has 146 valence electrons. The van der Waals surface area contributed by atoms with Crippen LogP contribution in [0.2, 0.25) is 0 Å². The number of halogens is 2. The average molecular weight is 403 g/mol. The van der Waals surface area contributed by atoms with Crippen molar-refractivity contribution in [2.75, 3.05) is 0 Å². The van der Waals surface area contributed by atoms with Gasteiger partial charge in [0.05, 0.1) is 11.4 Å². The van der Waals surface area contributed by atoms with Crippen LogP contribution >= 0.6 is 11.3 Å². The van der Waals surface area contributed by atoms with Crippen LogP contribution in [-0.2, 0) is 24.1 Å². The minimum atomic E-state index is -0.699. The highest BCUT2D eigenvalue weighted by atomic mass is 32.1. The van der Waals surface area contributed by atoms with Gasteiger partial charge in [-0.15, -0.1) is 11.3 Å². The maximum atomic E-state index is 13.8. The average Bonchev–Trinajstić information content (AvgIpc) is 3.20. The number of amides is 1. The fourth-order valence-corrected chi connectivity index (χ4v) is 4.92. The standard InChI is InChI=1S/C20H19F2N3O2S/c1-10(12-6-5-11(21)9-14(12)22)23-17(26)8-7-16-24-19(27)18-13-3-2-4-15(13)28-20(18)25-16/h5-6,9-10H,2-4,7-8H2,1H3,(H,23,26)(H,24,25,27)/t10-/m1/s1. The number of aromatic amines is 1. The first-order valence-electron chi connectivity index (χ1n) is 9.20. The molecular formula is C20H19F2N3O2S. The van der Waals surface area contributed by atoms with Gasteiger partial charge >= 0.3 is 0 Å². The summed E-state index contributed by atoms with van der Waals surface area (Å²) >= 11 is 1.56. The quantitative estimate of drug-likeness (QED) is 0.684. The number of H-pyrrole nitrogens is 1. The lowest BCUT2D eigenvalue weighted by Crippen LogP contribution is -2.27. The smallest absolute Gasteiger partial charge is 0.259 e. The molecule has 2 aromatic heterocycles. The van der Waals surface area contributed by atoms with E-state index in [2.05, 4.69) is 15.3 Å². The summed E-state index contributed by atoms with van der Waals surface area (Å²) in [5.41, 5.74) is 1.19. The molecule has 0 fully saturated rings. The number of aromatic nitrogens is 2. The molecule has 0 spiro atoms. The molecule has 0 unspecified atom stereocenters. The lowest BCUT2D eigenvalue weighted by atomic mass is 10.1. The summed E-state index contributed by atoms with van der Waals surface area (Å²) in [6.45, 7) is 1.63. The van der Waals surface area contributed by atoms with E-state index in [1.54, 1.807) is 18.3 Å². The van der Waals surface area contributed by atoms with Gasteiger partial charge in [-0.2, -0.15) is 0 Å². The molecule has 1 amide bonds. The van der Waals surface area contributed by atoms with Gasteiger partial charge in [-0.3, -0.25) is 9.59 Å². The highest BCUT2D eigenvalue weighted by Gasteiger charge is 2.21. The Bertz CT molecular complexity index is 1120. The lowest BCUT2D eigenvalue weighted by Gasteiger charge is -2.15. The number of nitrogens with one attached hydrogen (secondary N) is 2. The summed E-state index contributed by atoms with van der Waals surface area (Å²) in [6, 6.07) is 2.67. The van der Waals surface area contributed by atoms with Gasteiger partial charge < -0.3 is 10.3 Å². The van der Waals surface area contributed by atoms with Gasteiger partial charge in [0.25, 0.3) is 5.56 Å². The molecule has 0 bridgehead atoms. The molecule has 1 atom stereocenters. The van der Waals surface area contributed by atoms with Gasteiger partial charge in [0.1, 0.15) is 22.3 Å². The first-order valence-corrected chi connectivity index (χ1v) is 10.0. The predicted molar refractivity (Wildman–Crippen MR) is 104 cm³/mol. The molecule has 0 radical (unpaired) electrons. The molecule has 5 nitrogen and oxygen atoms in total. The number of hydrogen-bond donors (Lipinski definition) is 2. The second-order valence-corrected chi connectivity index (χ2v) is 8.09. The molecule has 3 aromatic rings. The Morgan fingerprint density at radius 3 is 2.96 bits per heavy atom. The van der Waals surface area contributed by atoms with Gasteiger partial charge in [0.15, 0.2) is 0 Å². The van der Waals surface area contributed by atoms with E-state index in [1.165, 1.54) is 10.9 Å². The number of rotatable bonds is 5. The summed E-state index contributed by atoms with van der Waals surface area (Å²) in [4.78, 5) is 33.9. The van der Waals surface area contributed by atoms with Crippen molar-refractivity contribution in [1.82, 2.24) is 15.3 Å². The van der Waals surface area contributed by atoms with Crippen molar-refractivity contribution in [3.8, 4) is 0 Å². The molecule has 0 aliphatic heterocycles. The number of aryl methyl sites for hydroxylation is 3. The van der Waals surface area contributed by atoms with Crippen LogP contribution in [0.3, 0.4) is 0 Å². The Kier molecular flexibility index (Phi) is 4.97. The first kappa shape index (κ1) is 18.7. The number of nitrogens with zero attached hydrogens (tertiary/aromatic N) is 1. The summed E-state index contributed by atoms with van der Waals surface area (Å²) in [7, 11) is 0. The van der Waals surface area contributed by atoms with Gasteiger partial charge in [-0.1, -0.05) is 6.07 Å². The second-order valence-electron chi connectivity index (χ2n) is 7.01. The number of carbonyl (C=O) groups excluding carboxylic acids is 1. The van der Waals surface area contributed by atoms with Crippen molar-refractivity contribution >= 4 is 27.5 Å². The number of carbonyl (C=O) groups is 1. The van der Waals surface area contributed by atoms with Gasteiger partial charge in [-0.25, -0.2) is 13.8 Å². The minimum absolute atomic E-state index is 0.104. The summed E-state index contributed by atoms with van der Waals surface area (Å²) in [5, 5.41) is 3.38. The third kappa shape index (κ3) is 3.56. The largest absolute Gasteiger partial charge is 0.349 e. The molecule has 0 saturated heterocycles. The molecule has 2 N–H and O–H groups in total. The molecule has 1 aliphatic carbocycles. The predicted octanol–water partition coefficient (Wildman–Crippen LogP) is 3.56. The van der Waals surface area contributed by atoms with Crippen LogP contribution < -0.4 is 10.9 Å². The maximum Gasteiger partial charge on any atom is 0.259 e. The van der Waals surface area contributed by atoms with Gasteiger partial charge in [0, 0.05) is 29.3 Å². The van der Waals surface area contributed by atoms with Crippen LogP contribution in [0.4, 0.5) is 8.78 Å². The zero-order valence-corrected chi connectivity index (χ0v) is 16.1. The molecule has 2 heterocycles. The first-order chi connectivity index (χ1) is 13.4. The van der Waals surface area contributed by atoms with Crippen LogP contribution in [0.15, 0.2) is 23.0 Å². The van der Waals surface area contributed by atoms with Crippen LogP contribution in [-0.4, -0.2) is 15.9 Å². The molecule has 8 heteroatoms. The van der Waals surface area contributed by atoms with Crippen molar-refractivity contribution in [2.24, 2.45) is 0 Å². The Morgan fingerprint density at radius 2 is 2.18 bits per heavy atom. The molecule has 28 heavy (non-hydrogen) atoms. The van der Waals surface area contributed by atoms with E-state index < -0.39 is 17.7 Å². The van der Waals surface area contributed by atoms with E-state index in [4.69, 9.17) is 0 Å². The van der Waals surface area contributed by atoms with Crippen LogP contribution in [0, 0.1) is 11.6 Å². The van der Waals surface area contributed by atoms with Crippen LogP contribution in [0.1, 0.15) is 47.6 Å². The Hall–Kier alpha value is -2.61. The molecule has 4 rings (SSSR count). The number of hydrogen-bond acceptors (Lipinski definition) is 4. The highest BCUT2D eigenvalue weighted by Crippen LogP contribution is 2.34. The van der Waals surface area contributed by atoms with Crippen molar-refractivity contribution in [3.63, 3.8) is 0 Å². The summed E-state index contributed by atoms with van der Waals surface area (Å²) in [5.74, 6) is -1.19. The topological polar surface area (TPSA) is 74.8 Å². The van der Waals surface area contributed by atoms with Gasteiger partial charge in [-0.05, 0) is 37.8 Å². The molecule has 1 aliphatic rings. The Balaban J connectivity index is 1.43. The third-order valence-electron chi connectivity index (χ3n) is 5.02. The van der Waals surface area contributed by atoms with Gasteiger partial charge in [0.2, 0.25) is 5.91 Å². The minimum Gasteiger partial charge on any atom is -0.349 e. The normalized spacial score (nSPS) is 14.2. The lowest BCUT2D eigenvalue weighted by molar-refractivity contribution is -0.121. The second kappa shape index (κ2) is 7.43. The maximum absolute atomic E-state index is 13.8. The molecule has 1 aromatic carbocycles. The molecular weight excluding hydrogens is 384 g/mol. The van der Waals surface area contributed by atoms with E-state index in [0.717, 1.165) is 41.8 Å². The summed E-state index contributed by atoms with van der Waals surface area (Å²) in [6.07, 6.45) is 3.36. The zero-order chi connectivity index (χ0) is 19.8. The van der Waals surface area contributed by atoms with Crippen LogP contribution in [0.5, 0.6) is 0 Å². The van der Waals surface area contributed by atoms with E-state index in [0.29, 0.717) is 11.2 Å². The van der Waals surface area contributed by atoms with Crippen molar-refractivity contribution in [2.45, 2.75) is 45.1 Å². The van der Waals surface area contributed by atoms with Crippen molar-refractivity contribution in [3.05, 3.63) is 62.0 Å². The number of thiophene rings is 1. The fraction of sp³-hybridized carbons (Fsp3) is 0.350. The SMILES string of the molecule is C[C@@H](NC(=O)CCc1nc2sc3c(c2c(=O)[nH]1)CCC3)c1ccc(F)cc1F. The van der Waals surface area contributed by atoms with E-state index in [-0.39, 0.29) is 29.9 Å². The zero-order valence-electron chi connectivity index (χ0n) is 15.3. The Morgan fingerprint density at radius 1 is 1.36 bits per heavy atom. The van der Waals surface area contributed by atoms with Crippen molar-refractivity contribution in [1.29, 1.82) is 0 Å². The van der Waals surface area contributed by atoms with E-state index in [9.17, 15) is 18.4 Å². The van der Waals surface area contributed by atoms with E-state index >= 15 is 0 Å². The number of benzene rings is 1. The summed E-state index contributed by atoms with van der Waals surface area (Å²) < 4.78 is 26.8. The number of fused-ring (bicyclic) bond motifs is 3. The van der Waals surface area contributed by atoms with Crippen molar-refractivity contribution < 1.29 is 13.6 Å². The molecule has 0 saturated carbocycles. The fourth-order valence-electron chi connectivity index (χ4n) is 3.64. The van der Waals surface area contributed by atoms with E-state index in [1.807, 2.05) is 0 Å². The monoisotopic (exact) mass is 403 g/mol. The van der Waals surface area contributed by atoms with Crippen LogP contribution in [0.25, 0.3) is 10.2 Å². The highest BCUT2D eigenvalue weighted by molar-refractivity contribution is 7.18.